The molecule has 2 aromatic carbocycles. The Bertz CT molecular complexity index is 809. The molecule has 148 valence electrons. The van der Waals surface area contributed by atoms with Crippen molar-refractivity contribution in [2.24, 2.45) is 0 Å². The van der Waals surface area contributed by atoms with Crippen molar-refractivity contribution in [3.63, 3.8) is 0 Å². The smallest absolute Gasteiger partial charge is 0.119 e. The van der Waals surface area contributed by atoms with Gasteiger partial charge in [0.25, 0.3) is 0 Å². The van der Waals surface area contributed by atoms with Gasteiger partial charge in [-0.3, -0.25) is 0 Å². The van der Waals surface area contributed by atoms with Crippen LogP contribution in [0.1, 0.15) is 35.8 Å². The minimum atomic E-state index is 0.218. The number of hydrogen-bond donors (Lipinski definition) is 0. The van der Waals surface area contributed by atoms with Crippen LogP contribution in [-0.4, -0.2) is 38.3 Å². The molecule has 3 aromatic rings. The zero-order valence-electron chi connectivity index (χ0n) is 16.9. The van der Waals surface area contributed by atoms with Crippen LogP contribution in [-0.2, 0) is 0 Å². The third-order valence-corrected chi connectivity index (χ3v) is 6.00. The van der Waals surface area contributed by atoms with Gasteiger partial charge in [-0.1, -0.05) is 44.2 Å². The maximum absolute atomic E-state index is 5.95. The summed E-state index contributed by atoms with van der Waals surface area (Å²) in [6, 6.07) is 21.2. The summed E-state index contributed by atoms with van der Waals surface area (Å²) in [6.07, 6.45) is 0. The fraction of sp³-hybridized carbons (Fsp3) is 0.333. The molecule has 0 radical (unpaired) electrons. The van der Waals surface area contributed by atoms with Crippen LogP contribution in [0.25, 0.3) is 0 Å². The van der Waals surface area contributed by atoms with Gasteiger partial charge < -0.3 is 14.4 Å². The number of rotatable bonds is 10. The summed E-state index contributed by atoms with van der Waals surface area (Å²) in [4.78, 5) is 3.70. The molecule has 0 fully saturated rings. The first-order valence-corrected chi connectivity index (χ1v) is 10.8. The zero-order valence-corrected chi connectivity index (χ0v) is 17.7. The molecule has 0 aliphatic carbocycles. The van der Waals surface area contributed by atoms with Crippen LogP contribution in [0, 0.1) is 0 Å². The van der Waals surface area contributed by atoms with Gasteiger partial charge in [0.2, 0.25) is 0 Å². The Hall–Kier alpha value is -2.30. The topological polar surface area (TPSA) is 21.7 Å². The molecular formula is C24H29NO2S. The van der Waals surface area contributed by atoms with Crippen LogP contribution >= 0.6 is 11.3 Å². The minimum absolute atomic E-state index is 0.218. The number of ether oxygens (including phenoxy) is 2. The average Bonchev–Trinajstić information content (AvgIpc) is 3.27. The second kappa shape index (κ2) is 10.3. The molecule has 0 bridgehead atoms. The van der Waals surface area contributed by atoms with E-state index >= 15 is 0 Å². The first kappa shape index (κ1) is 20.4. The lowest BCUT2D eigenvalue weighted by molar-refractivity contribution is 0.223. The normalized spacial score (nSPS) is 12.1. The van der Waals surface area contributed by atoms with E-state index in [0.717, 1.165) is 31.1 Å². The SMILES string of the molecule is CCN(CC)CCOc1ccc(C(c2ccc(OC)cc2)c2cccs2)cc1. The van der Waals surface area contributed by atoms with E-state index in [4.69, 9.17) is 9.47 Å². The van der Waals surface area contributed by atoms with E-state index in [1.807, 2.05) is 12.1 Å². The number of likely N-dealkylation sites (N-methyl/N-ethyl adjacent to an activating group) is 1. The number of thiophene rings is 1. The lowest BCUT2D eigenvalue weighted by Gasteiger charge is -2.19. The van der Waals surface area contributed by atoms with Gasteiger partial charge >= 0.3 is 0 Å². The number of benzene rings is 2. The fourth-order valence-corrected chi connectivity index (χ4v) is 4.24. The zero-order chi connectivity index (χ0) is 19.8. The van der Waals surface area contributed by atoms with Crippen molar-refractivity contribution in [3.05, 3.63) is 82.0 Å². The van der Waals surface area contributed by atoms with Gasteiger partial charge in [0.1, 0.15) is 18.1 Å². The molecule has 1 atom stereocenters. The van der Waals surface area contributed by atoms with Gasteiger partial charge in [0.05, 0.1) is 7.11 Å². The highest BCUT2D eigenvalue weighted by atomic mass is 32.1. The summed E-state index contributed by atoms with van der Waals surface area (Å²) in [5.41, 5.74) is 2.53. The van der Waals surface area contributed by atoms with Crippen molar-refractivity contribution in [2.45, 2.75) is 19.8 Å². The summed E-state index contributed by atoms with van der Waals surface area (Å²) in [5.74, 6) is 2.02. The Morgan fingerprint density at radius 2 is 1.46 bits per heavy atom. The van der Waals surface area contributed by atoms with E-state index in [0.29, 0.717) is 6.61 Å². The Morgan fingerprint density at radius 3 is 1.96 bits per heavy atom. The largest absolute Gasteiger partial charge is 0.497 e. The number of nitrogens with zero attached hydrogens (tertiary/aromatic N) is 1. The average molecular weight is 396 g/mol. The monoisotopic (exact) mass is 395 g/mol. The molecule has 28 heavy (non-hydrogen) atoms. The van der Waals surface area contributed by atoms with Gasteiger partial charge in [-0.15, -0.1) is 11.3 Å². The van der Waals surface area contributed by atoms with E-state index in [1.54, 1.807) is 18.4 Å². The summed E-state index contributed by atoms with van der Waals surface area (Å²) < 4.78 is 11.3. The second-order valence-electron chi connectivity index (χ2n) is 6.67. The molecular weight excluding hydrogens is 366 g/mol. The predicted octanol–water partition coefficient (Wildman–Crippen LogP) is 5.66. The Kier molecular flexibility index (Phi) is 7.52. The molecule has 0 amide bonds. The molecule has 3 nitrogen and oxygen atoms in total. The highest BCUT2D eigenvalue weighted by Gasteiger charge is 2.18. The van der Waals surface area contributed by atoms with E-state index in [9.17, 15) is 0 Å². The molecule has 1 unspecified atom stereocenters. The van der Waals surface area contributed by atoms with E-state index in [-0.39, 0.29) is 5.92 Å². The first-order chi connectivity index (χ1) is 13.7. The highest BCUT2D eigenvalue weighted by molar-refractivity contribution is 7.10. The van der Waals surface area contributed by atoms with E-state index < -0.39 is 0 Å². The van der Waals surface area contributed by atoms with Crippen molar-refractivity contribution in [3.8, 4) is 11.5 Å². The van der Waals surface area contributed by atoms with Crippen LogP contribution in [0.3, 0.4) is 0 Å². The predicted molar refractivity (Wildman–Crippen MR) is 118 cm³/mol. The summed E-state index contributed by atoms with van der Waals surface area (Å²) in [7, 11) is 1.70. The third kappa shape index (κ3) is 5.15. The van der Waals surface area contributed by atoms with E-state index in [2.05, 4.69) is 72.7 Å². The van der Waals surface area contributed by atoms with Crippen LogP contribution in [0.5, 0.6) is 11.5 Å². The van der Waals surface area contributed by atoms with Crippen LogP contribution in [0.15, 0.2) is 66.0 Å². The minimum Gasteiger partial charge on any atom is -0.497 e. The molecule has 0 spiro atoms. The quantitative estimate of drug-likeness (QED) is 0.442. The molecule has 0 N–H and O–H groups in total. The lowest BCUT2D eigenvalue weighted by Crippen LogP contribution is -2.27. The van der Waals surface area contributed by atoms with Gasteiger partial charge in [0.15, 0.2) is 0 Å². The standard InChI is InChI=1S/C24H29NO2S/c1-4-25(5-2)16-17-27-22-14-10-20(11-15-22)24(23-7-6-18-28-23)19-8-12-21(26-3)13-9-19/h6-15,18,24H,4-5,16-17H2,1-3H3. The van der Waals surface area contributed by atoms with Crippen LogP contribution in [0.2, 0.25) is 0 Å². The van der Waals surface area contributed by atoms with E-state index in [1.165, 1.54) is 16.0 Å². The van der Waals surface area contributed by atoms with Crippen molar-refractivity contribution in [1.29, 1.82) is 0 Å². The van der Waals surface area contributed by atoms with Crippen molar-refractivity contribution in [2.75, 3.05) is 33.4 Å². The first-order valence-electron chi connectivity index (χ1n) is 9.87. The molecule has 0 saturated carbocycles. The second-order valence-corrected chi connectivity index (χ2v) is 7.65. The van der Waals surface area contributed by atoms with Crippen LogP contribution < -0.4 is 9.47 Å². The van der Waals surface area contributed by atoms with Gasteiger partial charge in [0, 0.05) is 17.3 Å². The molecule has 1 aromatic heterocycles. The lowest BCUT2D eigenvalue weighted by atomic mass is 9.90. The Labute approximate surface area is 172 Å². The Morgan fingerprint density at radius 1 is 0.857 bits per heavy atom. The van der Waals surface area contributed by atoms with Crippen molar-refractivity contribution < 1.29 is 9.47 Å². The molecule has 0 aliphatic heterocycles. The molecule has 1 heterocycles. The molecule has 0 aliphatic rings. The fourth-order valence-electron chi connectivity index (χ4n) is 3.36. The van der Waals surface area contributed by atoms with Gasteiger partial charge in [-0.2, -0.15) is 0 Å². The highest BCUT2D eigenvalue weighted by Crippen LogP contribution is 2.35. The number of methoxy groups -OCH3 is 1. The van der Waals surface area contributed by atoms with Gasteiger partial charge in [-0.05, 0) is 59.9 Å². The van der Waals surface area contributed by atoms with Crippen molar-refractivity contribution in [1.82, 2.24) is 4.90 Å². The number of hydrogen-bond acceptors (Lipinski definition) is 4. The summed E-state index contributed by atoms with van der Waals surface area (Å²) >= 11 is 1.79. The third-order valence-electron chi connectivity index (χ3n) is 5.06. The van der Waals surface area contributed by atoms with Crippen LogP contribution in [0.4, 0.5) is 0 Å². The summed E-state index contributed by atoms with van der Waals surface area (Å²) in [5, 5.41) is 2.14. The molecule has 4 heteroatoms. The molecule has 0 saturated heterocycles. The molecule has 3 rings (SSSR count). The maximum atomic E-state index is 5.95. The van der Waals surface area contributed by atoms with Gasteiger partial charge in [-0.25, -0.2) is 0 Å². The Balaban J connectivity index is 1.75. The van der Waals surface area contributed by atoms with Crippen molar-refractivity contribution >= 4 is 11.3 Å². The maximum Gasteiger partial charge on any atom is 0.119 e. The summed E-state index contributed by atoms with van der Waals surface area (Å²) in [6.45, 7) is 8.16.